The van der Waals surface area contributed by atoms with E-state index in [1.807, 2.05) is 6.07 Å². The molecule has 0 N–H and O–H groups in total. The fourth-order valence-corrected chi connectivity index (χ4v) is 3.63. The standard InChI is InChI=1S/C14H16BrF2N3O/c1-2-14(12(16)17)8-19-4-3-11(20(19)13(14)21)9-5-10(15)7-18-6-9/h5-7,11-12H,2-4,8H2,1H3/t11-,14?/m1/s1. The Morgan fingerprint density at radius 3 is 2.90 bits per heavy atom. The molecular formula is C14H16BrF2N3O. The average Bonchev–Trinajstić information content (AvgIpc) is 2.98. The van der Waals surface area contributed by atoms with Crippen molar-refractivity contribution in [3.8, 4) is 0 Å². The van der Waals surface area contributed by atoms with E-state index in [1.54, 1.807) is 24.3 Å². The van der Waals surface area contributed by atoms with Crippen LogP contribution in [0.4, 0.5) is 8.78 Å². The molecule has 2 saturated heterocycles. The van der Waals surface area contributed by atoms with Gasteiger partial charge in [-0.25, -0.2) is 13.8 Å². The normalized spacial score (nSPS) is 29.5. The number of alkyl halides is 2. The average molecular weight is 360 g/mol. The minimum Gasteiger partial charge on any atom is -0.272 e. The van der Waals surface area contributed by atoms with Crippen molar-refractivity contribution < 1.29 is 13.6 Å². The van der Waals surface area contributed by atoms with Crippen molar-refractivity contribution in [1.82, 2.24) is 15.0 Å². The van der Waals surface area contributed by atoms with Gasteiger partial charge < -0.3 is 0 Å². The molecule has 3 rings (SSSR count). The van der Waals surface area contributed by atoms with E-state index in [-0.39, 0.29) is 19.0 Å². The molecule has 1 amide bonds. The van der Waals surface area contributed by atoms with E-state index in [1.165, 1.54) is 5.01 Å². The Morgan fingerprint density at radius 1 is 1.52 bits per heavy atom. The summed E-state index contributed by atoms with van der Waals surface area (Å²) in [5.74, 6) is -0.456. The Bertz CT molecular complexity index is 571. The molecule has 0 aromatic carbocycles. The number of halogens is 3. The van der Waals surface area contributed by atoms with E-state index < -0.39 is 17.7 Å². The molecule has 2 aliphatic rings. The van der Waals surface area contributed by atoms with Crippen LogP contribution in [-0.4, -0.2) is 40.4 Å². The number of carbonyl (C=O) groups is 1. The molecule has 1 aromatic rings. The molecule has 2 aliphatic heterocycles. The third-order valence-corrected chi connectivity index (χ3v) is 4.95. The second-order valence-electron chi connectivity index (χ2n) is 5.59. The maximum atomic E-state index is 13.5. The second kappa shape index (κ2) is 5.28. The number of rotatable bonds is 3. The van der Waals surface area contributed by atoms with Gasteiger partial charge in [-0.1, -0.05) is 6.92 Å². The predicted octanol–water partition coefficient (Wildman–Crippen LogP) is 3.01. The number of hydrogen-bond donors (Lipinski definition) is 0. The van der Waals surface area contributed by atoms with Crippen molar-refractivity contribution in [1.29, 1.82) is 0 Å². The van der Waals surface area contributed by atoms with Gasteiger partial charge in [-0.05, 0) is 40.4 Å². The van der Waals surface area contributed by atoms with Crippen LogP contribution in [-0.2, 0) is 4.79 Å². The molecule has 1 unspecified atom stereocenters. The molecule has 21 heavy (non-hydrogen) atoms. The molecule has 2 fully saturated rings. The number of nitrogens with zero attached hydrogens (tertiary/aromatic N) is 3. The Kier molecular flexibility index (Phi) is 3.73. The lowest BCUT2D eigenvalue weighted by Crippen LogP contribution is -2.41. The van der Waals surface area contributed by atoms with Gasteiger partial charge in [0.2, 0.25) is 0 Å². The summed E-state index contributed by atoms with van der Waals surface area (Å²) >= 11 is 3.36. The molecule has 4 nitrogen and oxygen atoms in total. The monoisotopic (exact) mass is 359 g/mol. The van der Waals surface area contributed by atoms with E-state index in [4.69, 9.17) is 0 Å². The van der Waals surface area contributed by atoms with E-state index in [2.05, 4.69) is 20.9 Å². The van der Waals surface area contributed by atoms with Gasteiger partial charge in [0.15, 0.2) is 0 Å². The second-order valence-corrected chi connectivity index (χ2v) is 6.50. The first-order chi connectivity index (χ1) is 9.99. The van der Waals surface area contributed by atoms with Crippen LogP contribution in [0.1, 0.15) is 31.4 Å². The number of hydrogen-bond acceptors (Lipinski definition) is 3. The van der Waals surface area contributed by atoms with Gasteiger partial charge in [-0.15, -0.1) is 0 Å². The first kappa shape index (κ1) is 14.8. The van der Waals surface area contributed by atoms with Gasteiger partial charge in [0.1, 0.15) is 5.41 Å². The largest absolute Gasteiger partial charge is 0.272 e. The summed E-state index contributed by atoms with van der Waals surface area (Å²) in [6, 6.07) is 1.69. The van der Waals surface area contributed by atoms with Crippen LogP contribution in [0.2, 0.25) is 0 Å². The smallest absolute Gasteiger partial charge is 0.254 e. The maximum absolute atomic E-state index is 13.5. The highest BCUT2D eigenvalue weighted by atomic mass is 79.9. The van der Waals surface area contributed by atoms with Gasteiger partial charge >= 0.3 is 0 Å². The molecule has 3 heterocycles. The van der Waals surface area contributed by atoms with Crippen LogP contribution in [0.3, 0.4) is 0 Å². The first-order valence-corrected chi connectivity index (χ1v) is 7.76. The van der Waals surface area contributed by atoms with Crippen molar-refractivity contribution in [3.63, 3.8) is 0 Å². The Hall–Kier alpha value is -1.08. The number of fused-ring (bicyclic) bond motifs is 1. The fourth-order valence-electron chi connectivity index (χ4n) is 3.24. The van der Waals surface area contributed by atoms with Crippen LogP contribution >= 0.6 is 15.9 Å². The quantitative estimate of drug-likeness (QED) is 0.832. The summed E-state index contributed by atoms with van der Waals surface area (Å²) in [7, 11) is 0. The molecule has 0 saturated carbocycles. The lowest BCUT2D eigenvalue weighted by Gasteiger charge is -2.27. The topological polar surface area (TPSA) is 36.4 Å². The van der Waals surface area contributed by atoms with Crippen LogP contribution in [0.5, 0.6) is 0 Å². The lowest BCUT2D eigenvalue weighted by molar-refractivity contribution is -0.148. The Morgan fingerprint density at radius 2 is 2.29 bits per heavy atom. The molecular weight excluding hydrogens is 344 g/mol. The first-order valence-electron chi connectivity index (χ1n) is 6.96. The Labute approximate surface area is 130 Å². The summed E-state index contributed by atoms with van der Waals surface area (Å²) < 4.78 is 27.7. The number of hydrazine groups is 1. The highest BCUT2D eigenvalue weighted by molar-refractivity contribution is 9.10. The number of carbonyl (C=O) groups excluding carboxylic acids is 1. The highest BCUT2D eigenvalue weighted by Crippen LogP contribution is 2.46. The van der Waals surface area contributed by atoms with E-state index >= 15 is 0 Å². The van der Waals surface area contributed by atoms with Gasteiger partial charge in [0, 0.05) is 30.0 Å². The number of aromatic nitrogens is 1. The molecule has 0 radical (unpaired) electrons. The number of amides is 1. The molecule has 0 aliphatic carbocycles. The molecule has 1 aromatic heterocycles. The van der Waals surface area contributed by atoms with Crippen molar-refractivity contribution in [2.75, 3.05) is 13.1 Å². The lowest BCUT2D eigenvalue weighted by atomic mass is 9.84. The molecule has 0 spiro atoms. The van der Waals surface area contributed by atoms with E-state index in [0.29, 0.717) is 6.54 Å². The van der Waals surface area contributed by atoms with Crippen LogP contribution < -0.4 is 0 Å². The zero-order chi connectivity index (χ0) is 15.2. The Balaban J connectivity index is 1.94. The fraction of sp³-hybridized carbons (Fsp3) is 0.571. The molecule has 2 atom stereocenters. The summed E-state index contributed by atoms with van der Waals surface area (Å²) in [6.45, 7) is 2.39. The van der Waals surface area contributed by atoms with Gasteiger partial charge in [0.05, 0.1) is 6.04 Å². The summed E-state index contributed by atoms with van der Waals surface area (Å²) in [4.78, 5) is 16.7. The van der Waals surface area contributed by atoms with Crippen molar-refractivity contribution in [2.24, 2.45) is 5.41 Å². The summed E-state index contributed by atoms with van der Waals surface area (Å²) in [5.41, 5.74) is -0.681. The maximum Gasteiger partial charge on any atom is 0.254 e. The summed E-state index contributed by atoms with van der Waals surface area (Å²) in [6.07, 6.45) is 1.62. The molecule has 0 bridgehead atoms. The van der Waals surface area contributed by atoms with E-state index in [0.717, 1.165) is 16.5 Å². The van der Waals surface area contributed by atoms with Gasteiger partial charge in [0.25, 0.3) is 12.3 Å². The minimum atomic E-state index is -2.64. The third kappa shape index (κ3) is 2.17. The van der Waals surface area contributed by atoms with Crippen molar-refractivity contribution >= 4 is 21.8 Å². The van der Waals surface area contributed by atoms with Crippen molar-refractivity contribution in [2.45, 2.75) is 32.2 Å². The zero-order valence-electron chi connectivity index (χ0n) is 11.6. The van der Waals surface area contributed by atoms with E-state index in [9.17, 15) is 13.6 Å². The molecule has 7 heteroatoms. The minimum absolute atomic E-state index is 0.109. The van der Waals surface area contributed by atoms with Gasteiger partial charge in [-0.2, -0.15) is 0 Å². The third-order valence-electron chi connectivity index (χ3n) is 4.52. The van der Waals surface area contributed by atoms with Crippen LogP contribution in [0, 0.1) is 5.41 Å². The predicted molar refractivity (Wildman–Crippen MR) is 76.4 cm³/mol. The number of pyridine rings is 1. The molecule has 114 valence electrons. The van der Waals surface area contributed by atoms with Crippen LogP contribution in [0.15, 0.2) is 22.9 Å². The SMILES string of the molecule is CCC1(C(F)F)CN2CC[C@H](c3cncc(Br)c3)N2C1=O. The van der Waals surface area contributed by atoms with Gasteiger partial charge in [-0.3, -0.25) is 14.8 Å². The zero-order valence-corrected chi connectivity index (χ0v) is 13.2. The van der Waals surface area contributed by atoms with Crippen molar-refractivity contribution in [3.05, 3.63) is 28.5 Å². The summed E-state index contributed by atoms with van der Waals surface area (Å²) in [5, 5.41) is 3.29. The highest BCUT2D eigenvalue weighted by Gasteiger charge is 2.59. The van der Waals surface area contributed by atoms with Crippen LogP contribution in [0.25, 0.3) is 0 Å².